The van der Waals surface area contributed by atoms with Crippen molar-refractivity contribution in [1.29, 1.82) is 0 Å². The monoisotopic (exact) mass is 334 g/mol. The normalized spacial score (nSPS) is 18.4. The van der Waals surface area contributed by atoms with Gasteiger partial charge in [-0.15, -0.1) is 10.2 Å². The predicted octanol–water partition coefficient (Wildman–Crippen LogP) is 0.470. The van der Waals surface area contributed by atoms with Gasteiger partial charge in [-0.1, -0.05) is 30.6 Å². The number of rotatable bonds is 5. The van der Waals surface area contributed by atoms with Crippen LogP contribution in [0.25, 0.3) is 0 Å². The molecule has 10 heteroatoms. The Kier molecular flexibility index (Phi) is 4.91. The lowest BCUT2D eigenvalue weighted by atomic mass is 9.83. The molecule has 118 valence electrons. The third-order valence-corrected chi connectivity index (χ3v) is 6.17. The Morgan fingerprint density at radius 1 is 1.33 bits per heavy atom. The van der Waals surface area contributed by atoms with Gasteiger partial charge in [0.1, 0.15) is 0 Å². The standard InChI is InChI=1S/C11H18N4O4S2/c1-8(17)12-9-13-14-10(20-9)21(18,19)15-11(7-16)5-3-2-4-6-11/h15-16H,2-7H2,1H3,(H,12,13,17). The zero-order valence-electron chi connectivity index (χ0n) is 11.6. The van der Waals surface area contributed by atoms with Crippen LogP contribution in [0.4, 0.5) is 5.13 Å². The van der Waals surface area contributed by atoms with Crippen LogP contribution in [-0.4, -0.2) is 41.8 Å². The fraction of sp³-hybridized carbons (Fsp3) is 0.727. The minimum atomic E-state index is -3.86. The number of aliphatic hydroxyl groups is 1. The minimum absolute atomic E-state index is 0.129. The zero-order chi connectivity index (χ0) is 15.5. The van der Waals surface area contributed by atoms with Crippen molar-refractivity contribution < 1.29 is 18.3 Å². The Morgan fingerprint density at radius 2 is 2.00 bits per heavy atom. The fourth-order valence-corrected chi connectivity index (χ4v) is 4.77. The maximum absolute atomic E-state index is 12.3. The van der Waals surface area contributed by atoms with E-state index in [1.165, 1.54) is 6.92 Å². The first kappa shape index (κ1) is 16.3. The maximum Gasteiger partial charge on any atom is 0.270 e. The molecule has 1 saturated carbocycles. The van der Waals surface area contributed by atoms with Crippen LogP contribution in [0.5, 0.6) is 0 Å². The quantitative estimate of drug-likeness (QED) is 0.673. The second kappa shape index (κ2) is 6.34. The van der Waals surface area contributed by atoms with Crippen molar-refractivity contribution in [3.8, 4) is 0 Å². The summed E-state index contributed by atoms with van der Waals surface area (Å²) in [5.41, 5.74) is -0.822. The molecule has 1 amide bonds. The predicted molar refractivity (Wildman–Crippen MR) is 77.4 cm³/mol. The Labute approximate surface area is 127 Å². The topological polar surface area (TPSA) is 121 Å². The first-order valence-corrected chi connectivity index (χ1v) is 8.93. The number of anilines is 1. The highest BCUT2D eigenvalue weighted by atomic mass is 32.2. The van der Waals surface area contributed by atoms with E-state index in [0.29, 0.717) is 12.8 Å². The van der Waals surface area contributed by atoms with E-state index in [9.17, 15) is 18.3 Å². The Bertz CT molecular complexity index is 607. The molecule has 0 radical (unpaired) electrons. The lowest BCUT2D eigenvalue weighted by molar-refractivity contribution is -0.114. The van der Waals surface area contributed by atoms with Crippen molar-refractivity contribution in [2.45, 2.75) is 48.9 Å². The van der Waals surface area contributed by atoms with Crippen molar-refractivity contribution in [2.24, 2.45) is 0 Å². The number of hydrogen-bond acceptors (Lipinski definition) is 7. The third-order valence-electron chi connectivity index (χ3n) is 3.38. The molecule has 0 saturated heterocycles. The van der Waals surface area contributed by atoms with Crippen LogP contribution in [0.3, 0.4) is 0 Å². The van der Waals surface area contributed by atoms with E-state index in [0.717, 1.165) is 30.6 Å². The maximum atomic E-state index is 12.3. The molecule has 21 heavy (non-hydrogen) atoms. The number of sulfonamides is 1. The van der Waals surface area contributed by atoms with E-state index in [1.807, 2.05) is 0 Å². The highest BCUT2D eigenvalue weighted by Crippen LogP contribution is 2.30. The van der Waals surface area contributed by atoms with Gasteiger partial charge in [-0.3, -0.25) is 4.79 Å². The van der Waals surface area contributed by atoms with Crippen LogP contribution in [0, 0.1) is 0 Å². The highest BCUT2D eigenvalue weighted by molar-refractivity contribution is 7.91. The number of carbonyl (C=O) groups is 1. The first-order valence-electron chi connectivity index (χ1n) is 6.63. The van der Waals surface area contributed by atoms with Gasteiger partial charge in [0, 0.05) is 6.92 Å². The summed E-state index contributed by atoms with van der Waals surface area (Å²) < 4.78 is 27.0. The number of nitrogens with one attached hydrogen (secondary N) is 2. The number of aliphatic hydroxyl groups excluding tert-OH is 1. The minimum Gasteiger partial charge on any atom is -0.394 e. The Balaban J connectivity index is 2.17. The van der Waals surface area contributed by atoms with Crippen molar-refractivity contribution in [1.82, 2.24) is 14.9 Å². The molecule has 1 aromatic heterocycles. The van der Waals surface area contributed by atoms with Gasteiger partial charge in [-0.2, -0.15) is 0 Å². The Morgan fingerprint density at radius 3 is 2.57 bits per heavy atom. The molecular formula is C11H18N4O4S2. The van der Waals surface area contributed by atoms with Gasteiger partial charge < -0.3 is 10.4 Å². The average molecular weight is 334 g/mol. The van der Waals surface area contributed by atoms with E-state index in [4.69, 9.17) is 0 Å². The molecule has 0 spiro atoms. The van der Waals surface area contributed by atoms with E-state index < -0.39 is 15.6 Å². The number of hydrogen-bond donors (Lipinski definition) is 3. The van der Waals surface area contributed by atoms with Gasteiger partial charge in [-0.25, -0.2) is 13.1 Å². The first-order chi connectivity index (χ1) is 9.87. The second-order valence-electron chi connectivity index (χ2n) is 5.16. The smallest absolute Gasteiger partial charge is 0.270 e. The molecule has 1 heterocycles. The molecule has 2 rings (SSSR count). The van der Waals surface area contributed by atoms with Crippen LogP contribution in [0.1, 0.15) is 39.0 Å². The van der Waals surface area contributed by atoms with E-state index in [1.54, 1.807) is 0 Å². The molecule has 1 aromatic rings. The van der Waals surface area contributed by atoms with Crippen LogP contribution in [0.15, 0.2) is 4.34 Å². The molecule has 0 aliphatic heterocycles. The Hall–Kier alpha value is -1.10. The molecule has 0 unspecified atom stereocenters. The molecule has 0 aromatic carbocycles. The average Bonchev–Trinajstić information content (AvgIpc) is 2.88. The summed E-state index contributed by atoms with van der Waals surface area (Å²) >= 11 is 0.780. The van der Waals surface area contributed by atoms with Crippen molar-refractivity contribution in [3.05, 3.63) is 0 Å². The zero-order valence-corrected chi connectivity index (χ0v) is 13.3. The fourth-order valence-electron chi connectivity index (χ4n) is 2.37. The second-order valence-corrected chi connectivity index (χ2v) is 7.99. The highest BCUT2D eigenvalue weighted by Gasteiger charge is 2.37. The molecule has 0 bridgehead atoms. The summed E-state index contributed by atoms with van der Waals surface area (Å²) in [7, 11) is -3.86. The van der Waals surface area contributed by atoms with Gasteiger partial charge in [0.15, 0.2) is 0 Å². The van der Waals surface area contributed by atoms with Crippen LogP contribution >= 0.6 is 11.3 Å². The van der Waals surface area contributed by atoms with Crippen LogP contribution in [0.2, 0.25) is 0 Å². The van der Waals surface area contributed by atoms with E-state index >= 15 is 0 Å². The van der Waals surface area contributed by atoms with E-state index in [-0.39, 0.29) is 22.0 Å². The third kappa shape index (κ3) is 3.96. The summed E-state index contributed by atoms with van der Waals surface area (Å²) in [6.07, 6.45) is 3.97. The van der Waals surface area contributed by atoms with Gasteiger partial charge >= 0.3 is 0 Å². The van der Waals surface area contributed by atoms with Gasteiger partial charge in [-0.05, 0) is 12.8 Å². The summed E-state index contributed by atoms with van der Waals surface area (Å²) in [4.78, 5) is 10.9. The largest absolute Gasteiger partial charge is 0.394 e. The van der Waals surface area contributed by atoms with Crippen LogP contribution < -0.4 is 10.0 Å². The van der Waals surface area contributed by atoms with Crippen molar-refractivity contribution >= 4 is 32.4 Å². The lowest BCUT2D eigenvalue weighted by Crippen LogP contribution is -2.52. The van der Waals surface area contributed by atoms with Crippen molar-refractivity contribution in [3.63, 3.8) is 0 Å². The summed E-state index contributed by atoms with van der Waals surface area (Å²) in [6.45, 7) is 1.06. The lowest BCUT2D eigenvalue weighted by Gasteiger charge is -2.35. The van der Waals surface area contributed by atoms with Crippen molar-refractivity contribution in [2.75, 3.05) is 11.9 Å². The van der Waals surface area contributed by atoms with E-state index in [2.05, 4.69) is 20.2 Å². The summed E-state index contributed by atoms with van der Waals surface area (Å²) in [6, 6.07) is 0. The number of nitrogens with zero attached hydrogens (tertiary/aromatic N) is 2. The van der Waals surface area contributed by atoms with Crippen LogP contribution in [-0.2, 0) is 14.8 Å². The molecule has 1 aliphatic rings. The van der Waals surface area contributed by atoms with Gasteiger partial charge in [0.05, 0.1) is 12.1 Å². The van der Waals surface area contributed by atoms with Gasteiger partial charge in [0.25, 0.3) is 10.0 Å². The number of aromatic nitrogens is 2. The number of amides is 1. The molecular weight excluding hydrogens is 316 g/mol. The molecule has 1 fully saturated rings. The molecule has 1 aliphatic carbocycles. The molecule has 8 nitrogen and oxygen atoms in total. The summed E-state index contributed by atoms with van der Waals surface area (Å²) in [5, 5.41) is 19.3. The molecule has 0 atom stereocenters. The van der Waals surface area contributed by atoms with Gasteiger partial charge in [0.2, 0.25) is 15.4 Å². The number of carbonyl (C=O) groups excluding carboxylic acids is 1. The molecule has 3 N–H and O–H groups in total. The summed E-state index contributed by atoms with van der Waals surface area (Å²) in [5.74, 6) is -0.345. The SMILES string of the molecule is CC(=O)Nc1nnc(S(=O)(=O)NC2(CO)CCCCC2)s1.